The van der Waals surface area contributed by atoms with Gasteiger partial charge in [0, 0.05) is 15.9 Å². The van der Waals surface area contributed by atoms with Crippen molar-refractivity contribution in [1.82, 2.24) is 0 Å². The fourth-order valence-corrected chi connectivity index (χ4v) is 1.06. The van der Waals surface area contributed by atoms with Crippen LogP contribution in [0.5, 0.6) is 5.75 Å². The van der Waals surface area contributed by atoms with Gasteiger partial charge >= 0.3 is 10.9 Å². The molecule has 0 atom stereocenters. The van der Waals surface area contributed by atoms with E-state index in [0.29, 0.717) is 5.56 Å². The van der Waals surface area contributed by atoms with Crippen molar-refractivity contribution < 1.29 is 22.3 Å². The van der Waals surface area contributed by atoms with Crippen LogP contribution in [0.2, 0.25) is 0 Å². The van der Waals surface area contributed by atoms with E-state index in [1.807, 2.05) is 0 Å². The fourth-order valence-electron chi connectivity index (χ4n) is 0.983. The van der Waals surface area contributed by atoms with Gasteiger partial charge in [0.05, 0.1) is 0 Å². The molecule has 0 radical (unpaired) electrons. The minimum atomic E-state index is -4.59. The van der Waals surface area contributed by atoms with E-state index in [4.69, 9.17) is 0 Å². The topological polar surface area (TPSA) is 9.23 Å². The molecule has 0 saturated heterocycles. The van der Waals surface area contributed by atoms with Gasteiger partial charge in [-0.1, -0.05) is 6.07 Å². The third kappa shape index (κ3) is 2.87. The summed E-state index contributed by atoms with van der Waals surface area (Å²) in [6.07, 6.45) is -4.59. The SMILES string of the molecule is Cc1ccc(OC(F)(F)C(F)(F)Br)cc1C. The van der Waals surface area contributed by atoms with Gasteiger partial charge in [0.25, 0.3) is 0 Å². The van der Waals surface area contributed by atoms with Crippen molar-refractivity contribution in [3.05, 3.63) is 29.3 Å². The highest BCUT2D eigenvalue weighted by Gasteiger charge is 2.57. The molecule has 0 saturated carbocycles. The average Bonchev–Trinajstić information content (AvgIpc) is 2.09. The van der Waals surface area contributed by atoms with Crippen LogP contribution in [0.1, 0.15) is 11.1 Å². The molecule has 1 rings (SSSR count). The Labute approximate surface area is 98.5 Å². The van der Waals surface area contributed by atoms with Crippen molar-refractivity contribution in [3.8, 4) is 5.75 Å². The molecule has 1 aromatic rings. The molecule has 0 heterocycles. The second-order valence-corrected chi connectivity index (χ2v) is 4.36. The van der Waals surface area contributed by atoms with Crippen molar-refractivity contribution in [1.29, 1.82) is 0 Å². The number of hydrogen-bond acceptors (Lipinski definition) is 1. The van der Waals surface area contributed by atoms with Gasteiger partial charge in [-0.05, 0) is 37.1 Å². The summed E-state index contributed by atoms with van der Waals surface area (Å²) in [5.74, 6) is -0.299. The monoisotopic (exact) mass is 300 g/mol. The fraction of sp³-hybridized carbons (Fsp3) is 0.400. The van der Waals surface area contributed by atoms with E-state index in [2.05, 4.69) is 4.74 Å². The molecule has 16 heavy (non-hydrogen) atoms. The van der Waals surface area contributed by atoms with Gasteiger partial charge in [-0.3, -0.25) is 0 Å². The summed E-state index contributed by atoms with van der Waals surface area (Å²) in [4.78, 5) is -4.40. The van der Waals surface area contributed by atoms with Crippen LogP contribution < -0.4 is 4.74 Å². The molecule has 0 aliphatic heterocycles. The highest BCUT2D eigenvalue weighted by atomic mass is 79.9. The highest BCUT2D eigenvalue weighted by molar-refractivity contribution is 9.10. The predicted octanol–water partition coefficient (Wildman–Crippen LogP) is 4.26. The van der Waals surface area contributed by atoms with E-state index in [-0.39, 0.29) is 5.75 Å². The molecule has 0 aliphatic rings. The Morgan fingerprint density at radius 3 is 2.06 bits per heavy atom. The van der Waals surface area contributed by atoms with Crippen molar-refractivity contribution in [2.45, 2.75) is 24.8 Å². The standard InChI is InChI=1S/C10H9BrF4O/c1-6-3-4-8(5-7(6)2)16-10(14,15)9(11,12)13/h3-5H,1-2H3. The van der Waals surface area contributed by atoms with Crippen molar-refractivity contribution in [2.75, 3.05) is 0 Å². The first-order chi connectivity index (χ1) is 7.13. The zero-order valence-electron chi connectivity index (χ0n) is 8.53. The zero-order chi connectivity index (χ0) is 12.6. The Kier molecular flexibility index (Phi) is 3.52. The van der Waals surface area contributed by atoms with E-state index in [1.54, 1.807) is 29.8 Å². The number of alkyl halides is 5. The summed E-state index contributed by atoms with van der Waals surface area (Å²) >= 11 is 1.58. The van der Waals surface area contributed by atoms with Crippen LogP contribution >= 0.6 is 15.9 Å². The molecule has 1 aromatic carbocycles. The lowest BCUT2D eigenvalue weighted by Gasteiger charge is -2.22. The van der Waals surface area contributed by atoms with Gasteiger partial charge < -0.3 is 4.74 Å². The average molecular weight is 301 g/mol. The van der Waals surface area contributed by atoms with Gasteiger partial charge in [-0.2, -0.15) is 17.6 Å². The van der Waals surface area contributed by atoms with Crippen LogP contribution in [0.4, 0.5) is 17.6 Å². The summed E-state index contributed by atoms with van der Waals surface area (Å²) in [6, 6.07) is 4.02. The van der Waals surface area contributed by atoms with Crippen LogP contribution in [0, 0.1) is 13.8 Å². The van der Waals surface area contributed by atoms with Crippen LogP contribution in [0.25, 0.3) is 0 Å². The lowest BCUT2D eigenvalue weighted by atomic mass is 10.1. The van der Waals surface area contributed by atoms with Crippen LogP contribution in [-0.4, -0.2) is 10.9 Å². The minimum Gasteiger partial charge on any atom is -0.427 e. The van der Waals surface area contributed by atoms with Crippen LogP contribution in [0.15, 0.2) is 18.2 Å². The zero-order valence-corrected chi connectivity index (χ0v) is 10.1. The van der Waals surface area contributed by atoms with Crippen molar-refractivity contribution in [2.24, 2.45) is 0 Å². The van der Waals surface area contributed by atoms with Gasteiger partial charge in [-0.25, -0.2) is 0 Å². The van der Waals surface area contributed by atoms with Crippen LogP contribution in [-0.2, 0) is 0 Å². The van der Waals surface area contributed by atoms with Crippen molar-refractivity contribution in [3.63, 3.8) is 0 Å². The minimum absolute atomic E-state index is 0.299. The number of aryl methyl sites for hydroxylation is 2. The van der Waals surface area contributed by atoms with Gasteiger partial charge in [0.2, 0.25) is 0 Å². The largest absolute Gasteiger partial charge is 0.475 e. The van der Waals surface area contributed by atoms with Crippen LogP contribution in [0.3, 0.4) is 0 Å². The second-order valence-electron chi connectivity index (χ2n) is 3.36. The summed E-state index contributed by atoms with van der Waals surface area (Å²) in [6.45, 7) is 3.45. The first-order valence-corrected chi connectivity index (χ1v) is 5.13. The molecular weight excluding hydrogens is 292 g/mol. The number of ether oxygens (including phenoxy) is 1. The molecule has 90 valence electrons. The maximum absolute atomic E-state index is 12.8. The molecule has 0 bridgehead atoms. The molecule has 6 heteroatoms. The number of benzene rings is 1. The molecule has 0 fully saturated rings. The normalized spacial score (nSPS) is 12.7. The highest BCUT2D eigenvalue weighted by Crippen LogP contribution is 2.40. The smallest absolute Gasteiger partial charge is 0.427 e. The third-order valence-corrected chi connectivity index (χ3v) is 2.52. The summed E-state index contributed by atoms with van der Waals surface area (Å²) < 4.78 is 54.4. The Morgan fingerprint density at radius 2 is 1.62 bits per heavy atom. The molecule has 0 amide bonds. The molecule has 0 spiro atoms. The Hall–Kier alpha value is -0.780. The second kappa shape index (κ2) is 4.24. The Balaban J connectivity index is 2.93. The summed E-state index contributed by atoms with van der Waals surface area (Å²) in [5.41, 5.74) is 1.55. The van der Waals surface area contributed by atoms with Gasteiger partial charge in [0.15, 0.2) is 0 Å². The van der Waals surface area contributed by atoms with E-state index in [9.17, 15) is 17.6 Å². The number of rotatable bonds is 3. The molecule has 1 nitrogen and oxygen atoms in total. The number of halogens is 5. The number of hydrogen-bond donors (Lipinski definition) is 0. The quantitative estimate of drug-likeness (QED) is 0.598. The Morgan fingerprint density at radius 1 is 1.06 bits per heavy atom. The Bertz CT molecular complexity index is 387. The third-order valence-electron chi connectivity index (χ3n) is 2.05. The molecule has 0 aromatic heterocycles. The van der Waals surface area contributed by atoms with Crippen molar-refractivity contribution >= 4 is 15.9 Å². The van der Waals surface area contributed by atoms with Gasteiger partial charge in [-0.15, -0.1) is 0 Å². The van der Waals surface area contributed by atoms with E-state index >= 15 is 0 Å². The molecular formula is C10H9BrF4O. The summed E-state index contributed by atoms with van der Waals surface area (Å²) in [7, 11) is 0. The first kappa shape index (κ1) is 13.3. The van der Waals surface area contributed by atoms with E-state index < -0.39 is 10.9 Å². The van der Waals surface area contributed by atoms with E-state index in [0.717, 1.165) is 5.56 Å². The first-order valence-electron chi connectivity index (χ1n) is 4.34. The lowest BCUT2D eigenvalue weighted by molar-refractivity contribution is -0.266. The van der Waals surface area contributed by atoms with E-state index in [1.165, 1.54) is 18.2 Å². The molecule has 0 N–H and O–H groups in total. The lowest BCUT2D eigenvalue weighted by Crippen LogP contribution is -2.40. The summed E-state index contributed by atoms with van der Waals surface area (Å²) in [5, 5.41) is 0. The maximum Gasteiger partial charge on any atom is 0.475 e. The predicted molar refractivity (Wildman–Crippen MR) is 55.4 cm³/mol. The molecule has 0 aliphatic carbocycles. The maximum atomic E-state index is 12.8. The van der Waals surface area contributed by atoms with Gasteiger partial charge in [0.1, 0.15) is 5.75 Å². The molecule has 0 unspecified atom stereocenters.